The van der Waals surface area contributed by atoms with E-state index in [1.165, 1.54) is 6.04 Å². The number of thiol groups is 1. The third-order valence-electron chi connectivity index (χ3n) is 3.05. The molecule has 0 amide bonds. The molecule has 5 heteroatoms. The summed E-state index contributed by atoms with van der Waals surface area (Å²) < 4.78 is 12.5. The highest BCUT2D eigenvalue weighted by Gasteiger charge is 2.40. The fourth-order valence-electron chi connectivity index (χ4n) is 2.04. The van der Waals surface area contributed by atoms with E-state index in [2.05, 4.69) is 60.0 Å². The van der Waals surface area contributed by atoms with E-state index in [1.54, 1.807) is 0 Å². The van der Waals surface area contributed by atoms with Crippen LogP contribution < -0.4 is 0 Å². The van der Waals surface area contributed by atoms with Crippen molar-refractivity contribution in [3.63, 3.8) is 0 Å². The first-order chi connectivity index (χ1) is 7.63. The van der Waals surface area contributed by atoms with Crippen LogP contribution in [0.4, 0.5) is 0 Å². The lowest BCUT2D eigenvalue weighted by atomic mass is 10.5. The fourth-order valence-corrected chi connectivity index (χ4v) is 11.1. The molecule has 1 unspecified atom stereocenters. The molecule has 0 saturated heterocycles. The summed E-state index contributed by atoms with van der Waals surface area (Å²) in [5.41, 5.74) is 0.630. The maximum Gasteiger partial charge on any atom is 0.321 e. The van der Waals surface area contributed by atoms with Crippen LogP contribution in [0.5, 0.6) is 0 Å². The molecule has 0 saturated carbocycles. The maximum absolute atomic E-state index is 6.52. The summed E-state index contributed by atoms with van der Waals surface area (Å²) >= 11 is 4.31. The molecule has 17 heavy (non-hydrogen) atoms. The zero-order valence-corrected chi connectivity index (χ0v) is 15.4. The zero-order valence-electron chi connectivity index (χ0n) is 12.5. The molecule has 0 bridgehead atoms. The second-order valence-electron chi connectivity index (χ2n) is 5.96. The summed E-state index contributed by atoms with van der Waals surface area (Å²) in [5, 5.41) is 0. The highest BCUT2D eigenvalue weighted by Crippen LogP contribution is 2.31. The van der Waals surface area contributed by atoms with Crippen molar-refractivity contribution in [3.8, 4) is 0 Å². The number of hydrogen-bond donors (Lipinski definition) is 1. The minimum absolute atomic E-state index is 0.256. The van der Waals surface area contributed by atoms with Crippen LogP contribution >= 0.6 is 12.6 Å². The average molecular weight is 295 g/mol. The Kier molecular flexibility index (Phi) is 7.63. The molecule has 0 aliphatic heterocycles. The molecule has 0 aromatic carbocycles. The van der Waals surface area contributed by atoms with Crippen LogP contribution in [0.1, 0.15) is 34.1 Å². The Bertz CT molecular complexity index is 223. The molecule has 0 aromatic rings. The third kappa shape index (κ3) is 7.01. The maximum atomic E-state index is 6.52. The van der Waals surface area contributed by atoms with Crippen LogP contribution in [0.15, 0.2) is 0 Å². The zero-order chi connectivity index (χ0) is 13.7. The van der Waals surface area contributed by atoms with E-state index in [1.807, 2.05) is 0 Å². The first-order valence-electron chi connectivity index (χ1n) is 6.62. The van der Waals surface area contributed by atoms with Gasteiger partial charge < -0.3 is 8.54 Å². The van der Waals surface area contributed by atoms with Crippen molar-refractivity contribution in [3.05, 3.63) is 0 Å². The predicted molar refractivity (Wildman–Crippen MR) is 84.8 cm³/mol. The molecular weight excluding hydrogens is 264 g/mol. The molecule has 0 rings (SSSR count). The van der Waals surface area contributed by atoms with Crippen LogP contribution in [0.3, 0.4) is 0 Å². The van der Waals surface area contributed by atoms with Gasteiger partial charge in [0, 0.05) is 6.10 Å². The second kappa shape index (κ2) is 7.33. The Hall–Kier alpha value is 0.704. The Morgan fingerprint density at radius 3 is 1.94 bits per heavy atom. The molecule has 0 aliphatic rings. The van der Waals surface area contributed by atoms with Crippen molar-refractivity contribution < 1.29 is 8.54 Å². The Balaban J connectivity index is 4.62. The van der Waals surface area contributed by atoms with E-state index >= 15 is 0 Å². The fraction of sp³-hybridized carbons (Fsp3) is 1.00. The molecule has 0 fully saturated rings. The summed E-state index contributed by atoms with van der Waals surface area (Å²) in [5.74, 6) is 0.950. The number of rotatable bonds is 8. The normalized spacial score (nSPS) is 16.6. The summed E-state index contributed by atoms with van der Waals surface area (Å²) in [6, 6.07) is 1.19. The van der Waals surface area contributed by atoms with Crippen molar-refractivity contribution in [2.24, 2.45) is 0 Å². The highest BCUT2D eigenvalue weighted by atomic mass is 32.1. The molecule has 104 valence electrons. The van der Waals surface area contributed by atoms with Crippen LogP contribution in [0, 0.1) is 0 Å². The summed E-state index contributed by atoms with van der Waals surface area (Å²) in [6.45, 7) is 15.4. The SMILES string of the molecule is CC(C)O[Si](C)(C)O[Si](C)(CCCS)C(C)C. The van der Waals surface area contributed by atoms with Gasteiger partial charge in [-0.3, -0.25) is 0 Å². The van der Waals surface area contributed by atoms with Gasteiger partial charge in [-0.05, 0) is 57.2 Å². The van der Waals surface area contributed by atoms with Crippen molar-refractivity contribution in [1.82, 2.24) is 0 Å². The molecule has 1 atom stereocenters. The van der Waals surface area contributed by atoms with Crippen molar-refractivity contribution in [2.75, 3.05) is 5.75 Å². The van der Waals surface area contributed by atoms with Gasteiger partial charge in [-0.1, -0.05) is 13.8 Å². The highest BCUT2D eigenvalue weighted by molar-refractivity contribution is 7.80. The van der Waals surface area contributed by atoms with E-state index in [0.29, 0.717) is 5.54 Å². The van der Waals surface area contributed by atoms with E-state index in [-0.39, 0.29) is 6.10 Å². The van der Waals surface area contributed by atoms with E-state index in [4.69, 9.17) is 8.54 Å². The lowest BCUT2D eigenvalue weighted by molar-refractivity contribution is 0.185. The van der Waals surface area contributed by atoms with Crippen LogP contribution in [0.25, 0.3) is 0 Å². The lowest BCUT2D eigenvalue weighted by Gasteiger charge is -2.39. The molecular formula is C12H30O2SSi2. The van der Waals surface area contributed by atoms with Crippen LogP contribution in [0.2, 0.25) is 31.2 Å². The molecule has 0 spiro atoms. The smallest absolute Gasteiger partial charge is 0.321 e. The summed E-state index contributed by atoms with van der Waals surface area (Å²) in [7, 11) is -3.64. The van der Waals surface area contributed by atoms with E-state index < -0.39 is 16.9 Å². The molecule has 0 aromatic heterocycles. The topological polar surface area (TPSA) is 18.5 Å². The molecule has 0 heterocycles. The predicted octanol–water partition coefficient (Wildman–Crippen LogP) is 4.44. The van der Waals surface area contributed by atoms with E-state index in [9.17, 15) is 0 Å². The van der Waals surface area contributed by atoms with Crippen molar-refractivity contribution >= 4 is 29.5 Å². The summed E-state index contributed by atoms with van der Waals surface area (Å²) in [6.07, 6.45) is 1.41. The Morgan fingerprint density at radius 2 is 1.59 bits per heavy atom. The standard InChI is InChI=1S/C12H30O2SSi2/c1-11(2)13-16(5,6)14-17(7,12(3)4)10-8-9-15/h11-12,15H,8-10H2,1-7H3. The first-order valence-corrected chi connectivity index (χ1v) is 12.8. The first kappa shape index (κ1) is 17.7. The van der Waals surface area contributed by atoms with Gasteiger partial charge in [-0.25, -0.2) is 0 Å². The van der Waals surface area contributed by atoms with Gasteiger partial charge in [0.25, 0.3) is 0 Å². The van der Waals surface area contributed by atoms with Crippen LogP contribution in [-0.2, 0) is 8.54 Å². The van der Waals surface area contributed by atoms with Gasteiger partial charge >= 0.3 is 8.56 Å². The van der Waals surface area contributed by atoms with Gasteiger partial charge in [0.2, 0.25) is 0 Å². The van der Waals surface area contributed by atoms with Gasteiger partial charge in [0.05, 0.1) is 0 Å². The Labute approximate surface area is 115 Å². The number of hydrogen-bond acceptors (Lipinski definition) is 3. The van der Waals surface area contributed by atoms with Gasteiger partial charge in [-0.15, -0.1) is 0 Å². The molecule has 0 radical (unpaired) electrons. The third-order valence-corrected chi connectivity index (χ3v) is 12.0. The summed E-state index contributed by atoms with van der Waals surface area (Å²) in [4.78, 5) is 0. The van der Waals surface area contributed by atoms with Gasteiger partial charge in [0.15, 0.2) is 8.32 Å². The van der Waals surface area contributed by atoms with Crippen LogP contribution in [-0.4, -0.2) is 28.7 Å². The van der Waals surface area contributed by atoms with Gasteiger partial charge in [-0.2, -0.15) is 12.6 Å². The van der Waals surface area contributed by atoms with Crippen molar-refractivity contribution in [1.29, 1.82) is 0 Å². The average Bonchev–Trinajstić information content (AvgIpc) is 2.11. The monoisotopic (exact) mass is 294 g/mol. The minimum atomic E-state index is -1.98. The van der Waals surface area contributed by atoms with E-state index in [0.717, 1.165) is 12.2 Å². The largest absolute Gasteiger partial charge is 0.436 e. The van der Waals surface area contributed by atoms with Crippen molar-refractivity contribution in [2.45, 2.75) is 71.4 Å². The molecule has 0 aliphatic carbocycles. The van der Waals surface area contributed by atoms with Gasteiger partial charge in [0.1, 0.15) is 0 Å². The quantitative estimate of drug-likeness (QED) is 0.527. The molecule has 2 nitrogen and oxygen atoms in total. The Morgan fingerprint density at radius 1 is 1.06 bits per heavy atom. The molecule has 0 N–H and O–H groups in total. The lowest BCUT2D eigenvalue weighted by Crippen LogP contribution is -2.51. The minimum Gasteiger partial charge on any atom is -0.436 e. The second-order valence-corrected chi connectivity index (χ2v) is 14.5.